The van der Waals surface area contributed by atoms with Crippen molar-refractivity contribution in [1.29, 1.82) is 0 Å². The van der Waals surface area contributed by atoms with Gasteiger partial charge in [0.15, 0.2) is 5.82 Å². The maximum Gasteiger partial charge on any atom is 0.330 e. The van der Waals surface area contributed by atoms with Crippen molar-refractivity contribution in [2.24, 2.45) is 0 Å². The number of fused-ring (bicyclic) bond motifs is 1. The third-order valence-electron chi connectivity index (χ3n) is 4.67. The van der Waals surface area contributed by atoms with Gasteiger partial charge in [0.25, 0.3) is 5.91 Å². The highest BCUT2D eigenvalue weighted by molar-refractivity contribution is 6.22. The van der Waals surface area contributed by atoms with Crippen molar-refractivity contribution in [3.8, 4) is 17.4 Å². The van der Waals surface area contributed by atoms with Crippen molar-refractivity contribution in [3.63, 3.8) is 0 Å². The van der Waals surface area contributed by atoms with Gasteiger partial charge in [0, 0.05) is 11.0 Å². The van der Waals surface area contributed by atoms with Gasteiger partial charge in [0.1, 0.15) is 17.0 Å². The van der Waals surface area contributed by atoms with Crippen molar-refractivity contribution < 1.29 is 19.1 Å². The second kappa shape index (κ2) is 5.67. The Morgan fingerprint density at radius 1 is 1.15 bits per heavy atom. The number of imide groups is 1. The maximum atomic E-state index is 12.3. The van der Waals surface area contributed by atoms with Crippen molar-refractivity contribution in [1.82, 2.24) is 15.3 Å². The van der Waals surface area contributed by atoms with Crippen LogP contribution >= 0.6 is 0 Å². The molecule has 3 heterocycles. The van der Waals surface area contributed by atoms with E-state index in [-0.39, 0.29) is 23.0 Å². The first-order chi connectivity index (χ1) is 12.7. The summed E-state index contributed by atoms with van der Waals surface area (Å²) in [5.41, 5.74) is -0.165. The number of benzene rings is 1. The SMILES string of the molecule is CC1(C)NC(=O)N(c2cnc(Oc3cccc4c3C(C)(C)CO4)cn2)C1=O. The summed E-state index contributed by atoms with van der Waals surface area (Å²) in [6.45, 7) is 8.02. The van der Waals surface area contributed by atoms with Crippen LogP contribution in [-0.2, 0) is 10.2 Å². The van der Waals surface area contributed by atoms with Crippen LogP contribution < -0.4 is 19.7 Å². The largest absolute Gasteiger partial charge is 0.492 e. The lowest BCUT2D eigenvalue weighted by molar-refractivity contribution is -0.121. The Labute approximate surface area is 156 Å². The molecule has 1 aromatic carbocycles. The Morgan fingerprint density at radius 2 is 1.93 bits per heavy atom. The molecule has 1 saturated heterocycles. The van der Waals surface area contributed by atoms with Gasteiger partial charge in [-0.2, -0.15) is 0 Å². The number of amides is 3. The lowest BCUT2D eigenvalue weighted by Gasteiger charge is -2.19. The molecule has 1 fully saturated rings. The summed E-state index contributed by atoms with van der Waals surface area (Å²) in [5.74, 6) is 1.48. The zero-order chi connectivity index (χ0) is 19.4. The van der Waals surface area contributed by atoms with Gasteiger partial charge in [-0.15, -0.1) is 0 Å². The van der Waals surface area contributed by atoms with Crippen LogP contribution in [0.4, 0.5) is 10.6 Å². The average molecular weight is 368 g/mol. The fourth-order valence-corrected chi connectivity index (χ4v) is 3.26. The number of anilines is 1. The molecule has 1 N–H and O–H groups in total. The van der Waals surface area contributed by atoms with Crippen LogP contribution in [-0.4, -0.2) is 34.1 Å². The number of carbonyl (C=O) groups excluding carboxylic acids is 2. The smallest absolute Gasteiger partial charge is 0.330 e. The first-order valence-corrected chi connectivity index (χ1v) is 8.62. The summed E-state index contributed by atoms with van der Waals surface area (Å²) in [4.78, 5) is 33.8. The second-order valence-corrected chi connectivity index (χ2v) is 7.81. The number of aromatic nitrogens is 2. The second-order valence-electron chi connectivity index (χ2n) is 7.81. The molecular weight excluding hydrogens is 348 g/mol. The quantitative estimate of drug-likeness (QED) is 0.838. The van der Waals surface area contributed by atoms with Gasteiger partial charge >= 0.3 is 6.03 Å². The van der Waals surface area contributed by atoms with Gasteiger partial charge in [-0.1, -0.05) is 19.9 Å². The third kappa shape index (κ3) is 2.77. The van der Waals surface area contributed by atoms with Crippen LogP contribution in [0.5, 0.6) is 17.4 Å². The molecule has 0 atom stereocenters. The minimum absolute atomic E-state index is 0.150. The first kappa shape index (κ1) is 17.3. The van der Waals surface area contributed by atoms with Gasteiger partial charge in [-0.05, 0) is 26.0 Å². The van der Waals surface area contributed by atoms with E-state index in [1.165, 1.54) is 12.4 Å². The molecule has 8 nitrogen and oxygen atoms in total. The van der Waals surface area contributed by atoms with Crippen molar-refractivity contribution in [3.05, 3.63) is 36.2 Å². The van der Waals surface area contributed by atoms with Gasteiger partial charge < -0.3 is 14.8 Å². The van der Waals surface area contributed by atoms with E-state index in [4.69, 9.17) is 9.47 Å². The summed E-state index contributed by atoms with van der Waals surface area (Å²) in [6.07, 6.45) is 2.74. The zero-order valence-electron chi connectivity index (χ0n) is 15.6. The summed E-state index contributed by atoms with van der Waals surface area (Å²) in [6, 6.07) is 5.09. The molecule has 8 heteroatoms. The van der Waals surface area contributed by atoms with E-state index in [1.54, 1.807) is 13.8 Å². The lowest BCUT2D eigenvalue weighted by Crippen LogP contribution is -2.40. The van der Waals surface area contributed by atoms with E-state index in [2.05, 4.69) is 29.1 Å². The van der Waals surface area contributed by atoms with Crippen molar-refractivity contribution >= 4 is 17.8 Å². The van der Waals surface area contributed by atoms with Gasteiger partial charge in [0.2, 0.25) is 5.88 Å². The minimum atomic E-state index is -0.968. The summed E-state index contributed by atoms with van der Waals surface area (Å²) in [5, 5.41) is 2.61. The number of rotatable bonds is 3. The Kier molecular flexibility index (Phi) is 3.62. The standard InChI is InChI=1S/C19H20N4O4/c1-18(2)10-26-11-6-5-7-12(15(11)18)27-14-9-20-13(8-21-14)23-16(24)19(3,4)22-17(23)25/h5-9H,10H2,1-4H3,(H,22,25). The predicted octanol–water partition coefficient (Wildman–Crippen LogP) is 2.77. The highest BCUT2D eigenvalue weighted by Gasteiger charge is 2.45. The third-order valence-corrected chi connectivity index (χ3v) is 4.67. The molecule has 0 unspecified atom stereocenters. The Hall–Kier alpha value is -3.16. The highest BCUT2D eigenvalue weighted by atomic mass is 16.5. The number of carbonyl (C=O) groups is 2. The highest BCUT2D eigenvalue weighted by Crippen LogP contribution is 2.45. The number of ether oxygens (including phenoxy) is 2. The summed E-state index contributed by atoms with van der Waals surface area (Å²) in [7, 11) is 0. The fraction of sp³-hybridized carbons (Fsp3) is 0.368. The molecule has 1 aromatic heterocycles. The molecule has 0 saturated carbocycles. The lowest BCUT2D eigenvalue weighted by atomic mass is 9.86. The molecule has 4 rings (SSSR count). The molecule has 0 bridgehead atoms. The van der Waals surface area contributed by atoms with Gasteiger partial charge in [0.05, 0.1) is 19.0 Å². The van der Waals surface area contributed by atoms with Gasteiger partial charge in [-0.3, -0.25) is 4.79 Å². The van der Waals surface area contributed by atoms with Crippen LogP contribution in [0.15, 0.2) is 30.6 Å². The topological polar surface area (TPSA) is 93.7 Å². The monoisotopic (exact) mass is 368 g/mol. The summed E-state index contributed by atoms with van der Waals surface area (Å²) >= 11 is 0. The fourth-order valence-electron chi connectivity index (χ4n) is 3.26. The number of urea groups is 1. The van der Waals surface area contributed by atoms with Crippen LogP contribution in [0.1, 0.15) is 33.3 Å². The first-order valence-electron chi connectivity index (χ1n) is 8.62. The number of nitrogens with zero attached hydrogens (tertiary/aromatic N) is 3. The Balaban J connectivity index is 1.60. The van der Waals surface area contributed by atoms with Crippen LogP contribution in [0.25, 0.3) is 0 Å². The molecular formula is C19H20N4O4. The Bertz CT molecular complexity index is 937. The number of hydrogen-bond donors (Lipinski definition) is 1. The van der Waals surface area contributed by atoms with E-state index in [1.807, 2.05) is 18.2 Å². The molecule has 2 aromatic rings. The van der Waals surface area contributed by atoms with Crippen molar-refractivity contribution in [2.75, 3.05) is 11.5 Å². The van der Waals surface area contributed by atoms with E-state index in [9.17, 15) is 9.59 Å². The molecule has 0 radical (unpaired) electrons. The van der Waals surface area contributed by atoms with E-state index < -0.39 is 11.6 Å². The molecule has 0 spiro atoms. The van der Waals surface area contributed by atoms with E-state index >= 15 is 0 Å². The molecule has 140 valence electrons. The van der Waals surface area contributed by atoms with E-state index in [0.29, 0.717) is 12.4 Å². The minimum Gasteiger partial charge on any atom is -0.492 e. The number of nitrogens with one attached hydrogen (secondary N) is 1. The molecule has 0 aliphatic carbocycles. The molecule has 27 heavy (non-hydrogen) atoms. The van der Waals surface area contributed by atoms with Crippen molar-refractivity contribution in [2.45, 2.75) is 38.6 Å². The number of hydrogen-bond acceptors (Lipinski definition) is 6. The van der Waals surface area contributed by atoms with Crippen LogP contribution in [0, 0.1) is 0 Å². The maximum absolute atomic E-state index is 12.3. The molecule has 2 aliphatic rings. The predicted molar refractivity (Wildman–Crippen MR) is 97.2 cm³/mol. The van der Waals surface area contributed by atoms with Crippen LogP contribution in [0.3, 0.4) is 0 Å². The molecule has 3 amide bonds. The van der Waals surface area contributed by atoms with Crippen LogP contribution in [0.2, 0.25) is 0 Å². The normalized spacial score (nSPS) is 19.5. The zero-order valence-corrected chi connectivity index (χ0v) is 15.6. The van der Waals surface area contributed by atoms with E-state index in [0.717, 1.165) is 16.2 Å². The Morgan fingerprint density at radius 3 is 2.56 bits per heavy atom. The summed E-state index contributed by atoms with van der Waals surface area (Å²) < 4.78 is 11.6. The van der Waals surface area contributed by atoms with Gasteiger partial charge in [-0.25, -0.2) is 19.7 Å². The molecule has 2 aliphatic heterocycles. The average Bonchev–Trinajstić information content (AvgIpc) is 3.02.